The van der Waals surface area contributed by atoms with Gasteiger partial charge in [0.15, 0.2) is 5.96 Å². The quantitative estimate of drug-likeness (QED) is 0.497. The molecule has 0 spiro atoms. The van der Waals surface area contributed by atoms with Gasteiger partial charge in [0.1, 0.15) is 21.5 Å². The first kappa shape index (κ1) is 22.5. The zero-order chi connectivity index (χ0) is 20.6. The van der Waals surface area contributed by atoms with Gasteiger partial charge in [-0.3, -0.25) is 4.99 Å². The molecule has 1 aliphatic heterocycles. The molecule has 0 atom stereocenters. The van der Waals surface area contributed by atoms with Crippen molar-refractivity contribution in [1.29, 1.82) is 0 Å². The number of guanidine groups is 1. The van der Waals surface area contributed by atoms with E-state index in [9.17, 15) is 17.2 Å². The van der Waals surface area contributed by atoms with Crippen LogP contribution in [0.4, 0.5) is 8.78 Å². The molecular formula is C19H30F2N4O2S. The highest BCUT2D eigenvalue weighted by atomic mass is 32.2. The predicted molar refractivity (Wildman–Crippen MR) is 108 cm³/mol. The fourth-order valence-electron chi connectivity index (χ4n) is 3.13. The first-order valence-electron chi connectivity index (χ1n) is 9.65. The standard InChI is InChI=1S/C19H30F2N4O2S/c1-3-22-19(23-9-6-15-14-16(20)4-5-18(15)21)24-17-7-10-25(11-8-17)12-13-28(2,26)27/h4-5,14,17H,3,6-13H2,1-2H3,(H2,22,23,24). The second kappa shape index (κ2) is 10.7. The lowest BCUT2D eigenvalue weighted by Gasteiger charge is -2.32. The molecule has 1 heterocycles. The highest BCUT2D eigenvalue weighted by Crippen LogP contribution is 2.11. The van der Waals surface area contributed by atoms with Crippen molar-refractivity contribution in [3.63, 3.8) is 0 Å². The summed E-state index contributed by atoms with van der Waals surface area (Å²) in [4.78, 5) is 6.64. The summed E-state index contributed by atoms with van der Waals surface area (Å²) in [5.74, 6) is -0.0239. The average Bonchev–Trinajstić information content (AvgIpc) is 2.63. The topological polar surface area (TPSA) is 73.8 Å². The molecule has 0 aromatic heterocycles. The molecule has 0 bridgehead atoms. The minimum atomic E-state index is -2.94. The second-order valence-electron chi connectivity index (χ2n) is 7.14. The van der Waals surface area contributed by atoms with Crippen molar-refractivity contribution < 1.29 is 17.2 Å². The molecule has 0 saturated carbocycles. The van der Waals surface area contributed by atoms with Crippen molar-refractivity contribution >= 4 is 15.8 Å². The Hall–Kier alpha value is -1.74. The van der Waals surface area contributed by atoms with Crippen molar-refractivity contribution in [3.05, 3.63) is 35.4 Å². The Balaban J connectivity index is 1.82. The molecular weight excluding hydrogens is 386 g/mol. The molecule has 0 unspecified atom stereocenters. The number of hydrogen-bond donors (Lipinski definition) is 2. The van der Waals surface area contributed by atoms with Crippen LogP contribution in [-0.4, -0.2) is 70.1 Å². The summed E-state index contributed by atoms with van der Waals surface area (Å²) < 4.78 is 49.5. The Kier molecular flexibility index (Phi) is 8.62. The Bertz CT molecular complexity index is 763. The number of nitrogens with zero attached hydrogens (tertiary/aromatic N) is 2. The Morgan fingerprint density at radius 3 is 2.64 bits per heavy atom. The maximum Gasteiger partial charge on any atom is 0.191 e. The van der Waals surface area contributed by atoms with Crippen molar-refractivity contribution in [2.45, 2.75) is 32.2 Å². The van der Waals surface area contributed by atoms with Crippen molar-refractivity contribution in [3.8, 4) is 0 Å². The number of likely N-dealkylation sites (tertiary alicyclic amines) is 1. The minimum absolute atomic E-state index is 0.186. The van der Waals surface area contributed by atoms with Gasteiger partial charge in [-0.1, -0.05) is 0 Å². The van der Waals surface area contributed by atoms with Crippen LogP contribution in [0.15, 0.2) is 23.2 Å². The monoisotopic (exact) mass is 416 g/mol. The molecule has 2 rings (SSSR count). The van der Waals surface area contributed by atoms with E-state index in [1.165, 1.54) is 12.3 Å². The van der Waals surface area contributed by atoms with Crippen molar-refractivity contribution in [2.75, 3.05) is 44.7 Å². The molecule has 1 fully saturated rings. The second-order valence-corrected chi connectivity index (χ2v) is 9.40. The summed E-state index contributed by atoms with van der Waals surface area (Å²) in [5, 5.41) is 6.56. The first-order chi connectivity index (χ1) is 13.3. The van der Waals surface area contributed by atoms with E-state index in [0.29, 0.717) is 37.6 Å². The normalized spacial score (nSPS) is 16.9. The van der Waals surface area contributed by atoms with Crippen LogP contribution in [-0.2, 0) is 16.3 Å². The number of hydrogen-bond acceptors (Lipinski definition) is 4. The zero-order valence-electron chi connectivity index (χ0n) is 16.5. The summed E-state index contributed by atoms with van der Waals surface area (Å²) in [6.07, 6.45) is 3.37. The fraction of sp³-hybridized carbons (Fsp3) is 0.632. The van der Waals surface area contributed by atoms with Crippen LogP contribution in [0.3, 0.4) is 0 Å². The van der Waals surface area contributed by atoms with Crippen LogP contribution < -0.4 is 10.6 Å². The molecule has 9 heteroatoms. The van der Waals surface area contributed by atoms with Gasteiger partial charge in [0.25, 0.3) is 0 Å². The number of benzene rings is 1. The highest BCUT2D eigenvalue weighted by Gasteiger charge is 2.20. The highest BCUT2D eigenvalue weighted by molar-refractivity contribution is 7.90. The number of rotatable bonds is 8. The van der Waals surface area contributed by atoms with Gasteiger partial charge in [0, 0.05) is 45.0 Å². The number of piperidine rings is 1. The molecule has 1 aromatic rings. The van der Waals surface area contributed by atoms with Crippen molar-refractivity contribution in [2.24, 2.45) is 4.99 Å². The van der Waals surface area contributed by atoms with Crippen LogP contribution in [0.2, 0.25) is 0 Å². The third kappa shape index (κ3) is 8.10. The SMILES string of the molecule is CCNC(=NCCc1cc(F)ccc1F)NC1CCN(CCS(C)(=O)=O)CC1. The number of halogens is 2. The van der Waals surface area contributed by atoms with Crippen LogP contribution in [0, 0.1) is 11.6 Å². The minimum Gasteiger partial charge on any atom is -0.357 e. The Morgan fingerprint density at radius 1 is 1.29 bits per heavy atom. The van der Waals surface area contributed by atoms with Gasteiger partial charge in [-0.15, -0.1) is 0 Å². The average molecular weight is 417 g/mol. The molecule has 1 saturated heterocycles. The summed E-state index contributed by atoms with van der Waals surface area (Å²) in [6, 6.07) is 3.70. The maximum atomic E-state index is 13.7. The molecule has 0 aliphatic carbocycles. The lowest BCUT2D eigenvalue weighted by molar-refractivity contribution is 0.216. The van der Waals surface area contributed by atoms with Crippen LogP contribution in [0.5, 0.6) is 0 Å². The van der Waals surface area contributed by atoms with Gasteiger partial charge in [-0.2, -0.15) is 0 Å². The van der Waals surface area contributed by atoms with Gasteiger partial charge in [0.05, 0.1) is 5.75 Å². The summed E-state index contributed by atoms with van der Waals surface area (Å²) in [7, 11) is -2.94. The number of nitrogens with one attached hydrogen (secondary N) is 2. The third-order valence-electron chi connectivity index (χ3n) is 4.71. The summed E-state index contributed by atoms with van der Waals surface area (Å²) in [5.41, 5.74) is 0.318. The summed E-state index contributed by atoms with van der Waals surface area (Å²) >= 11 is 0. The number of sulfone groups is 1. The van der Waals surface area contributed by atoms with E-state index in [-0.39, 0.29) is 11.8 Å². The molecule has 2 N–H and O–H groups in total. The molecule has 1 aromatic carbocycles. The molecule has 0 radical (unpaired) electrons. The van der Waals surface area contributed by atoms with Crippen LogP contribution in [0.1, 0.15) is 25.3 Å². The molecule has 6 nitrogen and oxygen atoms in total. The molecule has 158 valence electrons. The van der Waals surface area contributed by atoms with Gasteiger partial charge < -0.3 is 15.5 Å². The van der Waals surface area contributed by atoms with Crippen LogP contribution in [0.25, 0.3) is 0 Å². The zero-order valence-corrected chi connectivity index (χ0v) is 17.4. The third-order valence-corrected chi connectivity index (χ3v) is 5.63. The van der Waals surface area contributed by atoms with Crippen LogP contribution >= 0.6 is 0 Å². The number of aliphatic imine (C=N–C) groups is 1. The van der Waals surface area contributed by atoms with Gasteiger partial charge in [-0.05, 0) is 49.9 Å². The van der Waals surface area contributed by atoms with E-state index in [1.54, 1.807) is 0 Å². The van der Waals surface area contributed by atoms with E-state index in [1.807, 2.05) is 6.92 Å². The van der Waals surface area contributed by atoms with E-state index in [4.69, 9.17) is 0 Å². The summed E-state index contributed by atoms with van der Waals surface area (Å²) in [6.45, 7) is 5.26. The fourth-order valence-corrected chi connectivity index (χ4v) is 3.72. The first-order valence-corrected chi connectivity index (χ1v) is 11.7. The predicted octanol–water partition coefficient (Wildman–Crippen LogP) is 1.57. The smallest absolute Gasteiger partial charge is 0.191 e. The largest absolute Gasteiger partial charge is 0.357 e. The van der Waals surface area contributed by atoms with Gasteiger partial charge in [0.2, 0.25) is 0 Å². The van der Waals surface area contributed by atoms with E-state index < -0.39 is 21.5 Å². The molecule has 28 heavy (non-hydrogen) atoms. The lowest BCUT2D eigenvalue weighted by Crippen LogP contribution is -2.49. The Labute approximate surface area is 166 Å². The van der Waals surface area contributed by atoms with E-state index in [2.05, 4.69) is 20.5 Å². The molecule has 0 amide bonds. The molecule has 1 aliphatic rings. The maximum absolute atomic E-state index is 13.7. The van der Waals surface area contributed by atoms with E-state index >= 15 is 0 Å². The Morgan fingerprint density at radius 2 is 2.00 bits per heavy atom. The lowest BCUT2D eigenvalue weighted by atomic mass is 10.1. The van der Waals surface area contributed by atoms with Crippen molar-refractivity contribution in [1.82, 2.24) is 15.5 Å². The van der Waals surface area contributed by atoms with Gasteiger partial charge >= 0.3 is 0 Å². The van der Waals surface area contributed by atoms with E-state index in [0.717, 1.165) is 38.1 Å². The van der Waals surface area contributed by atoms with Gasteiger partial charge in [-0.25, -0.2) is 17.2 Å².